The average molecular weight is 290 g/mol. The van der Waals surface area contributed by atoms with Gasteiger partial charge in [-0.05, 0) is 17.7 Å². The molecule has 0 aliphatic rings. The zero-order valence-electron chi connectivity index (χ0n) is 11.8. The molecule has 22 heavy (non-hydrogen) atoms. The standard InChI is InChI=1S/C18H14N2O2/c21-11-14-16-10-13-8-4-5-9-15(13)20(16)18(22)19-17(14)12-6-2-1-3-7-12/h1-10,21H,11H2,(H,19,22). The largest absolute Gasteiger partial charge is 0.392 e. The molecule has 4 rings (SSSR count). The molecule has 0 fully saturated rings. The lowest BCUT2D eigenvalue weighted by molar-refractivity contribution is 0.283. The molecule has 4 nitrogen and oxygen atoms in total. The van der Waals surface area contributed by atoms with Gasteiger partial charge < -0.3 is 10.1 Å². The number of hydrogen-bond acceptors (Lipinski definition) is 2. The van der Waals surface area contributed by atoms with Gasteiger partial charge in [-0.2, -0.15) is 0 Å². The Morgan fingerprint density at radius 3 is 2.45 bits per heavy atom. The number of nitrogens with zero attached hydrogens (tertiary/aromatic N) is 1. The van der Waals surface area contributed by atoms with Crippen molar-refractivity contribution in [2.45, 2.75) is 6.61 Å². The van der Waals surface area contributed by atoms with Crippen LogP contribution in [0.5, 0.6) is 0 Å². The van der Waals surface area contributed by atoms with Gasteiger partial charge in [-0.15, -0.1) is 0 Å². The van der Waals surface area contributed by atoms with E-state index in [-0.39, 0.29) is 12.3 Å². The van der Waals surface area contributed by atoms with Crippen LogP contribution in [0.4, 0.5) is 0 Å². The smallest absolute Gasteiger partial charge is 0.331 e. The van der Waals surface area contributed by atoms with Gasteiger partial charge in [-0.3, -0.25) is 4.40 Å². The number of para-hydroxylation sites is 1. The third kappa shape index (κ3) is 1.78. The van der Waals surface area contributed by atoms with Crippen molar-refractivity contribution in [3.63, 3.8) is 0 Å². The Bertz CT molecular complexity index is 1030. The first-order chi connectivity index (χ1) is 10.8. The fourth-order valence-corrected chi connectivity index (χ4v) is 2.97. The van der Waals surface area contributed by atoms with Crippen molar-refractivity contribution in [1.29, 1.82) is 0 Å². The Kier molecular flexibility index (Phi) is 2.84. The van der Waals surface area contributed by atoms with Crippen LogP contribution in [-0.2, 0) is 6.61 Å². The topological polar surface area (TPSA) is 57.5 Å². The highest BCUT2D eigenvalue weighted by Crippen LogP contribution is 2.27. The molecule has 0 spiro atoms. The van der Waals surface area contributed by atoms with Gasteiger partial charge in [0.1, 0.15) is 0 Å². The molecule has 0 atom stereocenters. The minimum atomic E-state index is -0.202. The van der Waals surface area contributed by atoms with Crippen LogP contribution in [0.25, 0.3) is 27.7 Å². The third-order valence-electron chi connectivity index (χ3n) is 3.98. The second-order valence-corrected chi connectivity index (χ2v) is 5.23. The number of fused-ring (bicyclic) bond motifs is 3. The van der Waals surface area contributed by atoms with E-state index in [1.54, 1.807) is 4.40 Å². The summed E-state index contributed by atoms with van der Waals surface area (Å²) < 4.78 is 1.62. The van der Waals surface area contributed by atoms with Gasteiger partial charge in [0.15, 0.2) is 0 Å². The number of aliphatic hydroxyl groups excluding tert-OH is 1. The molecule has 0 saturated heterocycles. The summed E-state index contributed by atoms with van der Waals surface area (Å²) >= 11 is 0. The van der Waals surface area contributed by atoms with E-state index in [1.807, 2.05) is 60.7 Å². The summed E-state index contributed by atoms with van der Waals surface area (Å²) in [6.45, 7) is -0.138. The molecule has 0 saturated carbocycles. The summed E-state index contributed by atoms with van der Waals surface area (Å²) in [6, 6.07) is 19.2. The van der Waals surface area contributed by atoms with Gasteiger partial charge in [0.25, 0.3) is 0 Å². The van der Waals surface area contributed by atoms with E-state index in [0.717, 1.165) is 27.5 Å². The maximum absolute atomic E-state index is 12.5. The van der Waals surface area contributed by atoms with Gasteiger partial charge in [-0.1, -0.05) is 48.5 Å². The number of aromatic nitrogens is 2. The Hall–Kier alpha value is -2.85. The highest BCUT2D eigenvalue weighted by Gasteiger charge is 2.14. The molecular weight excluding hydrogens is 276 g/mol. The van der Waals surface area contributed by atoms with Crippen LogP contribution in [0.2, 0.25) is 0 Å². The fourth-order valence-electron chi connectivity index (χ4n) is 2.97. The summed E-state index contributed by atoms with van der Waals surface area (Å²) in [5, 5.41) is 10.8. The summed E-state index contributed by atoms with van der Waals surface area (Å²) in [5.41, 5.74) is 3.66. The molecule has 0 aliphatic heterocycles. The van der Waals surface area contributed by atoms with E-state index < -0.39 is 0 Å². The van der Waals surface area contributed by atoms with Crippen LogP contribution in [0.1, 0.15) is 5.56 Å². The number of H-pyrrole nitrogens is 1. The molecular formula is C18H14N2O2. The van der Waals surface area contributed by atoms with E-state index >= 15 is 0 Å². The monoisotopic (exact) mass is 290 g/mol. The van der Waals surface area contributed by atoms with Gasteiger partial charge in [0, 0.05) is 10.9 Å². The Balaban J connectivity index is 2.17. The molecule has 2 aromatic heterocycles. The normalized spacial score (nSPS) is 11.3. The van der Waals surface area contributed by atoms with E-state index in [0.29, 0.717) is 5.69 Å². The summed E-state index contributed by atoms with van der Waals surface area (Å²) in [6.07, 6.45) is 0. The molecule has 2 aromatic carbocycles. The first kappa shape index (κ1) is 12.9. The zero-order chi connectivity index (χ0) is 15.1. The summed E-state index contributed by atoms with van der Waals surface area (Å²) in [4.78, 5) is 15.5. The number of benzene rings is 2. The van der Waals surface area contributed by atoms with Crippen molar-refractivity contribution >= 4 is 16.4 Å². The molecule has 0 aliphatic carbocycles. The Labute approximate surface area is 126 Å². The van der Waals surface area contributed by atoms with E-state index in [9.17, 15) is 9.90 Å². The summed E-state index contributed by atoms with van der Waals surface area (Å²) in [5.74, 6) is 0. The van der Waals surface area contributed by atoms with Gasteiger partial charge >= 0.3 is 5.69 Å². The SMILES string of the molecule is O=c1[nH]c(-c2ccccc2)c(CO)c2cc3ccccc3n12. The van der Waals surface area contributed by atoms with Crippen molar-refractivity contribution < 1.29 is 5.11 Å². The zero-order valence-corrected chi connectivity index (χ0v) is 11.8. The predicted molar refractivity (Wildman–Crippen MR) is 86.9 cm³/mol. The molecule has 0 amide bonds. The molecule has 0 bridgehead atoms. The Morgan fingerprint density at radius 2 is 1.68 bits per heavy atom. The molecule has 2 heterocycles. The highest BCUT2D eigenvalue weighted by molar-refractivity contribution is 5.89. The minimum Gasteiger partial charge on any atom is -0.392 e. The van der Waals surface area contributed by atoms with Crippen LogP contribution in [0.15, 0.2) is 65.5 Å². The second-order valence-electron chi connectivity index (χ2n) is 5.23. The lowest BCUT2D eigenvalue weighted by Gasteiger charge is -2.10. The molecule has 108 valence electrons. The molecule has 4 aromatic rings. The quantitative estimate of drug-likeness (QED) is 0.596. The van der Waals surface area contributed by atoms with Gasteiger partial charge in [-0.25, -0.2) is 4.79 Å². The lowest BCUT2D eigenvalue weighted by Crippen LogP contribution is -2.18. The van der Waals surface area contributed by atoms with Crippen molar-refractivity contribution in [2.75, 3.05) is 0 Å². The van der Waals surface area contributed by atoms with Crippen molar-refractivity contribution in [2.24, 2.45) is 0 Å². The number of nitrogens with one attached hydrogen (secondary N) is 1. The lowest BCUT2D eigenvalue weighted by atomic mass is 10.1. The van der Waals surface area contributed by atoms with Gasteiger partial charge in [0.2, 0.25) is 0 Å². The molecule has 4 heteroatoms. The van der Waals surface area contributed by atoms with E-state index in [4.69, 9.17) is 0 Å². The first-order valence-corrected chi connectivity index (χ1v) is 7.11. The van der Waals surface area contributed by atoms with Crippen LogP contribution in [-0.4, -0.2) is 14.5 Å². The molecule has 0 unspecified atom stereocenters. The molecule has 2 N–H and O–H groups in total. The fraction of sp³-hybridized carbons (Fsp3) is 0.0556. The maximum Gasteiger partial charge on any atom is 0.331 e. The maximum atomic E-state index is 12.5. The Morgan fingerprint density at radius 1 is 0.955 bits per heavy atom. The van der Waals surface area contributed by atoms with Crippen LogP contribution < -0.4 is 5.69 Å². The third-order valence-corrected chi connectivity index (χ3v) is 3.98. The highest BCUT2D eigenvalue weighted by atomic mass is 16.3. The average Bonchev–Trinajstić information content (AvgIpc) is 2.95. The van der Waals surface area contributed by atoms with Crippen molar-refractivity contribution in [1.82, 2.24) is 9.38 Å². The number of hydrogen-bond donors (Lipinski definition) is 2. The minimum absolute atomic E-state index is 0.138. The van der Waals surface area contributed by atoms with Gasteiger partial charge in [0.05, 0.1) is 23.3 Å². The predicted octanol–water partition coefficient (Wildman–Crippen LogP) is 2.94. The van der Waals surface area contributed by atoms with Crippen LogP contribution >= 0.6 is 0 Å². The number of rotatable bonds is 2. The summed E-state index contributed by atoms with van der Waals surface area (Å²) in [7, 11) is 0. The second kappa shape index (κ2) is 4.86. The van der Waals surface area contributed by atoms with Crippen molar-refractivity contribution in [3.8, 4) is 11.3 Å². The van der Waals surface area contributed by atoms with Crippen molar-refractivity contribution in [3.05, 3.63) is 76.7 Å². The number of aromatic amines is 1. The molecule has 0 radical (unpaired) electrons. The van der Waals surface area contributed by atoms with Crippen LogP contribution in [0, 0.1) is 0 Å². The van der Waals surface area contributed by atoms with E-state index in [2.05, 4.69) is 4.98 Å². The van der Waals surface area contributed by atoms with Crippen LogP contribution in [0.3, 0.4) is 0 Å². The number of aliphatic hydroxyl groups is 1. The first-order valence-electron chi connectivity index (χ1n) is 7.11. The van der Waals surface area contributed by atoms with E-state index in [1.165, 1.54) is 0 Å².